The molecule has 0 spiro atoms. The summed E-state index contributed by atoms with van der Waals surface area (Å²) in [7, 11) is 1.61. The average molecular weight is 296 g/mol. The number of carboxylic acids is 1. The first-order valence-electron chi connectivity index (χ1n) is 6.88. The number of carboxylic acid groups (broad SMARTS) is 1. The van der Waals surface area contributed by atoms with E-state index in [1.54, 1.807) is 17.7 Å². The maximum Gasteiger partial charge on any atom is 0.355 e. The molecular formula is C17H16N2O3. The van der Waals surface area contributed by atoms with Gasteiger partial charge in [-0.3, -0.25) is 4.40 Å². The number of hydrogen-bond donors (Lipinski definition) is 1. The highest BCUT2D eigenvalue weighted by atomic mass is 16.5. The fraction of sp³-hybridized carbons (Fsp3) is 0.176. The summed E-state index contributed by atoms with van der Waals surface area (Å²) in [5.74, 6) is -0.236. The third kappa shape index (κ3) is 2.20. The van der Waals surface area contributed by atoms with Crippen molar-refractivity contribution in [1.29, 1.82) is 0 Å². The van der Waals surface area contributed by atoms with Crippen LogP contribution in [0.3, 0.4) is 0 Å². The molecule has 5 nitrogen and oxygen atoms in total. The second-order valence-electron chi connectivity index (χ2n) is 5.23. The van der Waals surface area contributed by atoms with E-state index in [4.69, 9.17) is 4.74 Å². The third-order valence-electron chi connectivity index (χ3n) is 3.65. The molecule has 1 aromatic carbocycles. The van der Waals surface area contributed by atoms with E-state index in [2.05, 4.69) is 4.98 Å². The number of pyridine rings is 1. The third-order valence-corrected chi connectivity index (χ3v) is 3.65. The van der Waals surface area contributed by atoms with Gasteiger partial charge in [0.05, 0.1) is 7.11 Å². The second kappa shape index (κ2) is 5.18. The van der Waals surface area contributed by atoms with E-state index in [0.717, 1.165) is 22.4 Å². The van der Waals surface area contributed by atoms with Gasteiger partial charge < -0.3 is 9.84 Å². The van der Waals surface area contributed by atoms with E-state index in [-0.39, 0.29) is 5.69 Å². The number of aromatic carboxylic acids is 1. The number of hydrogen-bond acceptors (Lipinski definition) is 3. The topological polar surface area (TPSA) is 63.8 Å². The molecule has 112 valence electrons. The number of carbonyl (C=O) groups is 1. The lowest BCUT2D eigenvalue weighted by Gasteiger charge is -2.06. The number of fused-ring (bicyclic) bond motifs is 1. The normalized spacial score (nSPS) is 10.9. The van der Waals surface area contributed by atoms with E-state index >= 15 is 0 Å². The van der Waals surface area contributed by atoms with E-state index < -0.39 is 5.97 Å². The first-order chi connectivity index (χ1) is 10.5. The van der Waals surface area contributed by atoms with Crippen LogP contribution in [0.1, 0.15) is 21.6 Å². The van der Waals surface area contributed by atoms with Crippen LogP contribution in [0.15, 0.2) is 36.5 Å². The summed E-state index contributed by atoms with van der Waals surface area (Å²) in [5.41, 5.74) is 3.98. The van der Waals surface area contributed by atoms with Crippen LogP contribution < -0.4 is 4.74 Å². The SMILES string of the molecule is COc1ccc(-c2nc3cc(C)ccn3c2C(=O)O)cc1C. The van der Waals surface area contributed by atoms with Crippen LogP contribution in [-0.2, 0) is 0 Å². The van der Waals surface area contributed by atoms with Crippen molar-refractivity contribution >= 4 is 11.6 Å². The Balaban J connectivity index is 2.28. The molecule has 0 bridgehead atoms. The molecule has 0 atom stereocenters. The summed E-state index contributed by atoms with van der Waals surface area (Å²) >= 11 is 0. The summed E-state index contributed by atoms with van der Waals surface area (Å²) < 4.78 is 6.85. The molecule has 3 aromatic rings. The standard InChI is InChI=1S/C17H16N2O3/c1-10-6-7-19-14(8-10)18-15(16(19)17(20)21)12-4-5-13(22-3)11(2)9-12/h4-9H,1-3H3,(H,20,21). The first kappa shape index (κ1) is 14.1. The molecule has 0 saturated heterocycles. The van der Waals surface area contributed by atoms with Gasteiger partial charge in [-0.2, -0.15) is 0 Å². The van der Waals surface area contributed by atoms with Crippen molar-refractivity contribution in [2.75, 3.05) is 7.11 Å². The van der Waals surface area contributed by atoms with Crippen molar-refractivity contribution in [3.63, 3.8) is 0 Å². The second-order valence-corrected chi connectivity index (χ2v) is 5.23. The molecule has 1 N–H and O–H groups in total. The first-order valence-corrected chi connectivity index (χ1v) is 6.88. The Labute approximate surface area is 127 Å². The molecule has 5 heteroatoms. The molecule has 2 aromatic heterocycles. The molecule has 2 heterocycles. The molecule has 0 unspecified atom stereocenters. The average Bonchev–Trinajstić information content (AvgIpc) is 2.85. The van der Waals surface area contributed by atoms with Gasteiger partial charge in [-0.25, -0.2) is 9.78 Å². The summed E-state index contributed by atoms with van der Waals surface area (Å²) in [5, 5.41) is 9.57. The van der Waals surface area contributed by atoms with E-state index in [1.807, 2.05) is 44.2 Å². The molecule has 0 fully saturated rings. The molecule has 0 aliphatic rings. The van der Waals surface area contributed by atoms with Gasteiger partial charge in [0.25, 0.3) is 0 Å². The zero-order valence-corrected chi connectivity index (χ0v) is 12.6. The molecule has 22 heavy (non-hydrogen) atoms. The molecular weight excluding hydrogens is 280 g/mol. The minimum absolute atomic E-state index is 0.166. The Hall–Kier alpha value is -2.82. The maximum atomic E-state index is 11.7. The summed E-state index contributed by atoms with van der Waals surface area (Å²) in [6.07, 6.45) is 1.74. The molecule has 0 amide bonds. The minimum atomic E-state index is -1.00. The van der Waals surface area contributed by atoms with Gasteiger partial charge in [-0.15, -0.1) is 0 Å². The number of aryl methyl sites for hydroxylation is 2. The van der Waals surface area contributed by atoms with Crippen molar-refractivity contribution in [3.05, 3.63) is 53.3 Å². The van der Waals surface area contributed by atoms with Gasteiger partial charge in [-0.1, -0.05) is 0 Å². The van der Waals surface area contributed by atoms with Crippen LogP contribution in [0, 0.1) is 13.8 Å². The van der Waals surface area contributed by atoms with Crippen molar-refractivity contribution in [2.24, 2.45) is 0 Å². The Morgan fingerprint density at radius 1 is 1.23 bits per heavy atom. The van der Waals surface area contributed by atoms with E-state index in [9.17, 15) is 9.90 Å². The predicted molar refractivity (Wildman–Crippen MR) is 83.6 cm³/mol. The lowest BCUT2D eigenvalue weighted by molar-refractivity contribution is 0.0690. The van der Waals surface area contributed by atoms with Gasteiger partial charge in [0.1, 0.15) is 17.1 Å². The smallest absolute Gasteiger partial charge is 0.355 e. The highest BCUT2D eigenvalue weighted by Crippen LogP contribution is 2.29. The monoisotopic (exact) mass is 296 g/mol. The molecule has 0 aliphatic heterocycles. The highest BCUT2D eigenvalue weighted by molar-refractivity contribution is 5.94. The van der Waals surface area contributed by atoms with Crippen molar-refractivity contribution in [2.45, 2.75) is 13.8 Å². The summed E-state index contributed by atoms with van der Waals surface area (Å²) in [6.45, 7) is 3.87. The number of rotatable bonds is 3. The Morgan fingerprint density at radius 3 is 2.64 bits per heavy atom. The highest BCUT2D eigenvalue weighted by Gasteiger charge is 2.20. The molecule has 0 radical (unpaired) electrons. The van der Waals surface area contributed by atoms with Crippen LogP contribution in [0.25, 0.3) is 16.9 Å². The number of imidazole rings is 1. The lowest BCUT2D eigenvalue weighted by Crippen LogP contribution is -2.03. The van der Waals surface area contributed by atoms with Gasteiger partial charge in [0, 0.05) is 11.8 Å². The van der Waals surface area contributed by atoms with Crippen LogP contribution >= 0.6 is 0 Å². The largest absolute Gasteiger partial charge is 0.496 e. The quantitative estimate of drug-likeness (QED) is 0.805. The number of methoxy groups -OCH3 is 1. The minimum Gasteiger partial charge on any atom is -0.496 e. The fourth-order valence-corrected chi connectivity index (χ4v) is 2.58. The van der Waals surface area contributed by atoms with Crippen LogP contribution in [0.2, 0.25) is 0 Å². The number of ether oxygens (including phenoxy) is 1. The van der Waals surface area contributed by atoms with Crippen molar-refractivity contribution in [1.82, 2.24) is 9.38 Å². The van der Waals surface area contributed by atoms with Gasteiger partial charge in [0.15, 0.2) is 5.69 Å². The molecule has 0 saturated carbocycles. The van der Waals surface area contributed by atoms with Gasteiger partial charge in [-0.05, 0) is 55.3 Å². The predicted octanol–water partition coefficient (Wildman–Crippen LogP) is 3.32. The van der Waals surface area contributed by atoms with Crippen LogP contribution in [-0.4, -0.2) is 27.6 Å². The van der Waals surface area contributed by atoms with E-state index in [0.29, 0.717) is 11.3 Å². The number of nitrogens with zero attached hydrogens (tertiary/aromatic N) is 2. The van der Waals surface area contributed by atoms with Crippen LogP contribution in [0.5, 0.6) is 5.75 Å². The van der Waals surface area contributed by atoms with Crippen molar-refractivity contribution < 1.29 is 14.6 Å². The zero-order valence-electron chi connectivity index (χ0n) is 12.6. The van der Waals surface area contributed by atoms with Gasteiger partial charge in [0.2, 0.25) is 0 Å². The zero-order chi connectivity index (χ0) is 15.9. The fourth-order valence-electron chi connectivity index (χ4n) is 2.58. The number of benzene rings is 1. The van der Waals surface area contributed by atoms with Crippen molar-refractivity contribution in [3.8, 4) is 17.0 Å². The Morgan fingerprint density at radius 2 is 2.00 bits per heavy atom. The molecule has 3 rings (SSSR count). The Bertz CT molecular complexity index is 881. The maximum absolute atomic E-state index is 11.7. The van der Waals surface area contributed by atoms with E-state index in [1.165, 1.54) is 0 Å². The number of aromatic nitrogens is 2. The van der Waals surface area contributed by atoms with Crippen LogP contribution in [0.4, 0.5) is 0 Å². The van der Waals surface area contributed by atoms with Gasteiger partial charge >= 0.3 is 5.97 Å². The summed E-state index contributed by atoms with van der Waals surface area (Å²) in [4.78, 5) is 16.2. The lowest BCUT2D eigenvalue weighted by atomic mass is 10.1. The summed E-state index contributed by atoms with van der Waals surface area (Å²) in [6, 6.07) is 9.27. The molecule has 0 aliphatic carbocycles. The Kier molecular flexibility index (Phi) is 3.33.